The smallest absolute Gasteiger partial charge is 0.123 e. The van der Waals surface area contributed by atoms with E-state index in [1.165, 1.54) is 5.56 Å². The van der Waals surface area contributed by atoms with Gasteiger partial charge in [0.1, 0.15) is 5.75 Å². The highest BCUT2D eigenvalue weighted by Gasteiger charge is 2.22. The van der Waals surface area contributed by atoms with Gasteiger partial charge in [0.2, 0.25) is 0 Å². The summed E-state index contributed by atoms with van der Waals surface area (Å²) in [6.45, 7) is 3.11. The molecule has 1 heterocycles. The number of benzene rings is 1. The average Bonchev–Trinajstić information content (AvgIpc) is 2.54. The lowest BCUT2D eigenvalue weighted by molar-refractivity contribution is 0.251. The molecule has 2 rings (SSSR count). The molecule has 0 bridgehead atoms. The van der Waals surface area contributed by atoms with E-state index in [2.05, 4.69) is 17.3 Å². The van der Waals surface area contributed by atoms with Crippen LogP contribution in [0, 0.1) is 0 Å². The maximum absolute atomic E-state index is 6.09. The van der Waals surface area contributed by atoms with Crippen LogP contribution in [0.1, 0.15) is 18.0 Å². The number of rotatable bonds is 2. The zero-order valence-electron chi connectivity index (χ0n) is 10.4. The summed E-state index contributed by atoms with van der Waals surface area (Å²) in [5, 5.41) is 4.18. The molecule has 4 heteroatoms. The van der Waals surface area contributed by atoms with Crippen molar-refractivity contribution in [1.82, 2.24) is 10.2 Å². The van der Waals surface area contributed by atoms with Crippen LogP contribution in [0.3, 0.4) is 0 Å². The van der Waals surface area contributed by atoms with Gasteiger partial charge >= 0.3 is 0 Å². The standard InChI is InChI=1S/C13H19ClN2O/c1-16-8-7-15-6-5-12(16)11-9-10(14)3-4-13(11)17-2/h3-4,9,12,15H,5-8H2,1-2H3. The summed E-state index contributed by atoms with van der Waals surface area (Å²) in [7, 11) is 3.86. The minimum atomic E-state index is 0.374. The lowest BCUT2D eigenvalue weighted by Crippen LogP contribution is -2.27. The van der Waals surface area contributed by atoms with E-state index in [1.54, 1.807) is 7.11 Å². The average molecular weight is 255 g/mol. The maximum Gasteiger partial charge on any atom is 0.123 e. The van der Waals surface area contributed by atoms with Crippen LogP contribution in [-0.2, 0) is 0 Å². The minimum absolute atomic E-state index is 0.374. The monoisotopic (exact) mass is 254 g/mol. The quantitative estimate of drug-likeness (QED) is 0.877. The number of ether oxygens (including phenoxy) is 1. The van der Waals surface area contributed by atoms with E-state index in [1.807, 2.05) is 18.2 Å². The number of halogens is 1. The molecule has 1 fully saturated rings. The van der Waals surface area contributed by atoms with E-state index in [-0.39, 0.29) is 0 Å². The maximum atomic E-state index is 6.09. The van der Waals surface area contributed by atoms with Gasteiger partial charge in [-0.25, -0.2) is 0 Å². The van der Waals surface area contributed by atoms with Crippen LogP contribution in [-0.4, -0.2) is 38.7 Å². The van der Waals surface area contributed by atoms with Crippen molar-refractivity contribution in [1.29, 1.82) is 0 Å². The van der Waals surface area contributed by atoms with Crippen LogP contribution in [0.2, 0.25) is 5.02 Å². The van der Waals surface area contributed by atoms with Gasteiger partial charge in [-0.15, -0.1) is 0 Å². The second-order valence-electron chi connectivity index (χ2n) is 4.42. The molecule has 1 N–H and O–H groups in total. The molecule has 1 saturated heterocycles. The summed E-state index contributed by atoms with van der Waals surface area (Å²) < 4.78 is 5.44. The fourth-order valence-electron chi connectivity index (χ4n) is 2.35. The summed E-state index contributed by atoms with van der Waals surface area (Å²) in [4.78, 5) is 2.36. The Morgan fingerprint density at radius 1 is 1.41 bits per heavy atom. The Hall–Kier alpha value is -0.770. The number of hydrogen-bond acceptors (Lipinski definition) is 3. The summed E-state index contributed by atoms with van der Waals surface area (Å²) in [6, 6.07) is 6.22. The lowest BCUT2D eigenvalue weighted by Gasteiger charge is -2.27. The van der Waals surface area contributed by atoms with Gasteiger partial charge in [0, 0.05) is 29.7 Å². The first-order valence-corrected chi connectivity index (χ1v) is 6.34. The first-order valence-electron chi connectivity index (χ1n) is 5.97. The van der Waals surface area contributed by atoms with E-state index in [9.17, 15) is 0 Å². The van der Waals surface area contributed by atoms with Crippen LogP contribution >= 0.6 is 11.6 Å². The predicted molar refractivity (Wildman–Crippen MR) is 70.9 cm³/mol. The van der Waals surface area contributed by atoms with Crippen molar-refractivity contribution in [3.05, 3.63) is 28.8 Å². The zero-order chi connectivity index (χ0) is 12.3. The molecule has 17 heavy (non-hydrogen) atoms. The third-order valence-corrected chi connectivity index (χ3v) is 3.55. The SMILES string of the molecule is COc1ccc(Cl)cc1C1CCNCCN1C. The molecule has 1 aromatic carbocycles. The van der Waals surface area contributed by atoms with E-state index in [0.29, 0.717) is 6.04 Å². The highest BCUT2D eigenvalue weighted by molar-refractivity contribution is 6.30. The van der Waals surface area contributed by atoms with Crippen molar-refractivity contribution in [2.75, 3.05) is 33.8 Å². The zero-order valence-corrected chi connectivity index (χ0v) is 11.1. The van der Waals surface area contributed by atoms with Crippen molar-refractivity contribution in [2.24, 2.45) is 0 Å². The van der Waals surface area contributed by atoms with Crippen molar-refractivity contribution in [3.63, 3.8) is 0 Å². The Bertz CT molecular complexity index is 384. The molecule has 1 atom stereocenters. The third-order valence-electron chi connectivity index (χ3n) is 3.32. The molecule has 94 valence electrons. The van der Waals surface area contributed by atoms with Crippen molar-refractivity contribution >= 4 is 11.6 Å². The molecule has 0 radical (unpaired) electrons. The fourth-order valence-corrected chi connectivity index (χ4v) is 2.53. The van der Waals surface area contributed by atoms with E-state index in [4.69, 9.17) is 16.3 Å². The lowest BCUT2D eigenvalue weighted by atomic mass is 10.0. The molecule has 0 aliphatic carbocycles. The number of nitrogens with zero attached hydrogens (tertiary/aromatic N) is 1. The van der Waals surface area contributed by atoms with Gasteiger partial charge < -0.3 is 10.1 Å². The van der Waals surface area contributed by atoms with Crippen molar-refractivity contribution in [3.8, 4) is 5.75 Å². The van der Waals surface area contributed by atoms with Gasteiger partial charge in [-0.3, -0.25) is 4.90 Å². The molecular formula is C13H19ClN2O. The highest BCUT2D eigenvalue weighted by Crippen LogP contribution is 2.33. The number of methoxy groups -OCH3 is 1. The number of nitrogens with one attached hydrogen (secondary N) is 1. The van der Waals surface area contributed by atoms with E-state index < -0.39 is 0 Å². The van der Waals surface area contributed by atoms with Gasteiger partial charge in [-0.1, -0.05) is 11.6 Å². The molecule has 1 aromatic rings. The number of likely N-dealkylation sites (N-methyl/N-ethyl adjacent to an activating group) is 1. The van der Waals surface area contributed by atoms with Gasteiger partial charge in [-0.05, 0) is 38.2 Å². The molecule has 1 unspecified atom stereocenters. The molecule has 1 aliphatic rings. The molecule has 1 aliphatic heterocycles. The second kappa shape index (κ2) is 5.71. The third kappa shape index (κ3) is 2.92. The Kier molecular flexibility index (Phi) is 4.26. The summed E-state index contributed by atoms with van der Waals surface area (Å²) >= 11 is 6.09. The van der Waals surface area contributed by atoms with E-state index in [0.717, 1.165) is 36.8 Å². The Labute approximate surface area is 108 Å². The van der Waals surface area contributed by atoms with Crippen LogP contribution in [0.15, 0.2) is 18.2 Å². The topological polar surface area (TPSA) is 24.5 Å². The van der Waals surface area contributed by atoms with Gasteiger partial charge in [-0.2, -0.15) is 0 Å². The normalized spacial score (nSPS) is 22.2. The first-order chi connectivity index (χ1) is 8.22. The summed E-state index contributed by atoms with van der Waals surface area (Å²) in [5.74, 6) is 0.924. The fraction of sp³-hybridized carbons (Fsp3) is 0.538. The van der Waals surface area contributed by atoms with Crippen molar-refractivity contribution < 1.29 is 4.74 Å². The molecule has 0 amide bonds. The Balaban J connectivity index is 2.32. The molecule has 0 spiro atoms. The van der Waals surface area contributed by atoms with E-state index >= 15 is 0 Å². The molecule has 3 nitrogen and oxygen atoms in total. The molecule has 0 aromatic heterocycles. The van der Waals surface area contributed by atoms with Crippen molar-refractivity contribution in [2.45, 2.75) is 12.5 Å². The largest absolute Gasteiger partial charge is 0.496 e. The van der Waals surface area contributed by atoms with Crippen LogP contribution in [0.4, 0.5) is 0 Å². The Morgan fingerprint density at radius 2 is 2.24 bits per heavy atom. The van der Waals surface area contributed by atoms with Gasteiger partial charge in [0.05, 0.1) is 7.11 Å². The minimum Gasteiger partial charge on any atom is -0.496 e. The van der Waals surface area contributed by atoms with Crippen LogP contribution < -0.4 is 10.1 Å². The second-order valence-corrected chi connectivity index (χ2v) is 4.86. The number of hydrogen-bond donors (Lipinski definition) is 1. The predicted octanol–water partition coefficient (Wildman–Crippen LogP) is 2.31. The van der Waals surface area contributed by atoms with Gasteiger partial charge in [0.15, 0.2) is 0 Å². The van der Waals surface area contributed by atoms with Gasteiger partial charge in [0.25, 0.3) is 0 Å². The molecular weight excluding hydrogens is 236 g/mol. The summed E-state index contributed by atoms with van der Waals surface area (Å²) in [5.41, 5.74) is 1.19. The van der Waals surface area contributed by atoms with Crippen LogP contribution in [0.25, 0.3) is 0 Å². The Morgan fingerprint density at radius 3 is 3.00 bits per heavy atom. The summed E-state index contributed by atoms with van der Waals surface area (Å²) in [6.07, 6.45) is 1.08. The first kappa shape index (κ1) is 12.7. The highest BCUT2D eigenvalue weighted by atomic mass is 35.5. The molecule has 0 saturated carbocycles. The van der Waals surface area contributed by atoms with Crippen LogP contribution in [0.5, 0.6) is 5.75 Å².